The fourth-order valence-electron chi connectivity index (χ4n) is 4.19. The van der Waals surface area contributed by atoms with Gasteiger partial charge >= 0.3 is 6.09 Å². The second-order valence-electron chi connectivity index (χ2n) is 9.03. The van der Waals surface area contributed by atoms with Crippen LogP contribution in [0.2, 0.25) is 0 Å². The first kappa shape index (κ1) is 27.2. The van der Waals surface area contributed by atoms with Gasteiger partial charge in [0.25, 0.3) is 5.91 Å². The van der Waals surface area contributed by atoms with E-state index in [0.29, 0.717) is 17.7 Å². The molecule has 3 rings (SSSR count). The van der Waals surface area contributed by atoms with Crippen molar-refractivity contribution in [2.24, 2.45) is 16.9 Å². The van der Waals surface area contributed by atoms with Crippen molar-refractivity contribution in [2.45, 2.75) is 46.3 Å². The molecule has 0 radical (unpaired) electrons. The average molecular weight is 500 g/mol. The van der Waals surface area contributed by atoms with Gasteiger partial charge < -0.3 is 15.9 Å². The highest BCUT2D eigenvalue weighted by atomic mass is 16.6. The molecule has 8 heteroatoms. The number of carbonyl (C=O) groups excluding carboxylic acids is 2. The normalized spacial score (nSPS) is 16.6. The fraction of sp³-hybridized carbons (Fsp3) is 0.310. The van der Waals surface area contributed by atoms with Crippen LogP contribution in [-0.4, -0.2) is 41.3 Å². The number of hydrazone groups is 1. The number of imide groups is 1. The third kappa shape index (κ3) is 6.64. The van der Waals surface area contributed by atoms with Crippen LogP contribution in [0.15, 0.2) is 77.4 Å². The number of carbonyl (C=O) groups is 2. The number of amides is 2. The highest BCUT2D eigenvalue weighted by Gasteiger charge is 2.31. The number of allylic oxidation sites excluding steroid dienone is 3. The minimum absolute atomic E-state index is 0.0744. The highest BCUT2D eigenvalue weighted by molar-refractivity contribution is 6.00. The van der Waals surface area contributed by atoms with Gasteiger partial charge in [-0.1, -0.05) is 55.0 Å². The fourth-order valence-corrected chi connectivity index (χ4v) is 4.19. The number of rotatable bonds is 8. The quantitative estimate of drug-likeness (QED) is 0.379. The summed E-state index contributed by atoms with van der Waals surface area (Å²) >= 11 is 0. The molecule has 2 aromatic rings. The Hall–Kier alpha value is -4.38. The largest absolute Gasteiger partial charge is 0.446 e. The Balaban J connectivity index is 1.90. The Labute approximate surface area is 218 Å². The Bertz CT molecular complexity index is 1260. The lowest BCUT2D eigenvalue weighted by molar-refractivity contribution is -0.130. The molecule has 0 saturated heterocycles. The Morgan fingerprint density at radius 3 is 2.51 bits per heavy atom. The summed E-state index contributed by atoms with van der Waals surface area (Å²) in [6.07, 6.45) is 4.97. The van der Waals surface area contributed by atoms with Crippen molar-refractivity contribution < 1.29 is 14.3 Å². The van der Waals surface area contributed by atoms with E-state index in [1.54, 1.807) is 26.8 Å². The lowest BCUT2D eigenvalue weighted by Crippen LogP contribution is -2.47. The van der Waals surface area contributed by atoms with Crippen LogP contribution in [0.3, 0.4) is 0 Å². The highest BCUT2D eigenvalue weighted by Crippen LogP contribution is 2.27. The van der Waals surface area contributed by atoms with Crippen molar-refractivity contribution in [1.29, 1.82) is 5.26 Å². The lowest BCUT2D eigenvalue weighted by atomic mass is 9.87. The molecule has 0 bridgehead atoms. The minimum atomic E-state index is -0.740. The van der Waals surface area contributed by atoms with Gasteiger partial charge in [0.05, 0.1) is 23.4 Å². The van der Waals surface area contributed by atoms with E-state index in [9.17, 15) is 14.9 Å². The number of hydrogen-bond donors (Lipinski definition) is 2. The van der Waals surface area contributed by atoms with E-state index in [1.807, 2.05) is 67.6 Å². The predicted molar refractivity (Wildman–Crippen MR) is 146 cm³/mol. The summed E-state index contributed by atoms with van der Waals surface area (Å²) in [7, 11) is 0. The Morgan fingerprint density at radius 1 is 1.19 bits per heavy atom. The van der Waals surface area contributed by atoms with Crippen molar-refractivity contribution >= 4 is 23.4 Å². The van der Waals surface area contributed by atoms with E-state index < -0.39 is 12.1 Å². The van der Waals surface area contributed by atoms with Gasteiger partial charge in [0, 0.05) is 18.2 Å². The summed E-state index contributed by atoms with van der Waals surface area (Å²) in [6, 6.07) is 16.4. The van der Waals surface area contributed by atoms with Crippen molar-refractivity contribution in [1.82, 2.24) is 4.90 Å². The molecule has 0 fully saturated rings. The third-order valence-corrected chi connectivity index (χ3v) is 6.19. The first-order valence-corrected chi connectivity index (χ1v) is 12.3. The van der Waals surface area contributed by atoms with Crippen molar-refractivity contribution in [2.75, 3.05) is 11.9 Å². The van der Waals surface area contributed by atoms with E-state index in [2.05, 4.69) is 16.5 Å². The van der Waals surface area contributed by atoms with E-state index in [4.69, 9.17) is 10.6 Å². The average Bonchev–Trinajstić information content (AvgIpc) is 2.89. The van der Waals surface area contributed by atoms with Crippen LogP contribution in [0.4, 0.5) is 10.5 Å². The first-order valence-electron chi connectivity index (χ1n) is 12.3. The van der Waals surface area contributed by atoms with E-state index in [-0.39, 0.29) is 24.5 Å². The summed E-state index contributed by atoms with van der Waals surface area (Å²) in [4.78, 5) is 27.4. The first-order chi connectivity index (χ1) is 17.8. The molecule has 1 unspecified atom stereocenters. The SMILES string of the molecule is CCN(C(=O)OC(C)C)C(=O)[C@H](CC1=CC=CC(=NN)C1C)Nc1ccc(-c2ccccc2C#N)cc1. The summed E-state index contributed by atoms with van der Waals surface area (Å²) in [5.41, 5.74) is 4.69. The molecular formula is C29H33N5O3. The number of likely N-dealkylation sites (N-methyl/N-ethyl adjacent to an activating group) is 1. The van der Waals surface area contributed by atoms with Crippen LogP contribution in [0.1, 0.15) is 39.7 Å². The summed E-state index contributed by atoms with van der Waals surface area (Å²) in [5.74, 6) is 5.08. The monoisotopic (exact) mass is 499 g/mol. The molecule has 192 valence electrons. The Morgan fingerprint density at radius 2 is 1.89 bits per heavy atom. The summed E-state index contributed by atoms with van der Waals surface area (Å²) in [5, 5.41) is 16.6. The maximum absolute atomic E-state index is 13.6. The molecule has 2 amide bonds. The number of nitrogens with two attached hydrogens (primary N) is 1. The summed E-state index contributed by atoms with van der Waals surface area (Å²) < 4.78 is 5.31. The molecule has 8 nitrogen and oxygen atoms in total. The molecule has 2 aromatic carbocycles. The molecule has 3 N–H and O–H groups in total. The third-order valence-electron chi connectivity index (χ3n) is 6.19. The maximum atomic E-state index is 13.6. The smallest absolute Gasteiger partial charge is 0.416 e. The van der Waals surface area contributed by atoms with Crippen LogP contribution in [0.25, 0.3) is 11.1 Å². The predicted octanol–water partition coefficient (Wildman–Crippen LogP) is 5.24. The van der Waals surface area contributed by atoms with Gasteiger partial charge in [0.2, 0.25) is 0 Å². The second-order valence-corrected chi connectivity index (χ2v) is 9.03. The molecule has 0 saturated carbocycles. The zero-order chi connectivity index (χ0) is 26.9. The van der Waals surface area contributed by atoms with Gasteiger partial charge in [-0.2, -0.15) is 10.4 Å². The van der Waals surface area contributed by atoms with Crippen molar-refractivity contribution in [3.63, 3.8) is 0 Å². The number of nitrogens with zero attached hydrogens (tertiary/aromatic N) is 3. The molecule has 2 atom stereocenters. The van der Waals surface area contributed by atoms with Crippen LogP contribution in [0, 0.1) is 17.2 Å². The number of ether oxygens (including phenoxy) is 1. The van der Waals surface area contributed by atoms with Crippen LogP contribution >= 0.6 is 0 Å². The molecule has 0 aromatic heterocycles. The molecule has 37 heavy (non-hydrogen) atoms. The van der Waals surface area contributed by atoms with Crippen LogP contribution in [-0.2, 0) is 9.53 Å². The van der Waals surface area contributed by atoms with E-state index >= 15 is 0 Å². The molecular weight excluding hydrogens is 466 g/mol. The number of benzene rings is 2. The molecule has 1 aliphatic rings. The van der Waals surface area contributed by atoms with Crippen LogP contribution in [0.5, 0.6) is 0 Å². The van der Waals surface area contributed by atoms with E-state index in [0.717, 1.165) is 27.3 Å². The molecule has 0 spiro atoms. The van der Waals surface area contributed by atoms with Crippen molar-refractivity contribution in [3.05, 3.63) is 77.9 Å². The van der Waals surface area contributed by atoms with Gasteiger partial charge in [-0.25, -0.2) is 9.69 Å². The zero-order valence-corrected chi connectivity index (χ0v) is 21.6. The molecule has 0 heterocycles. The van der Waals surface area contributed by atoms with Gasteiger partial charge in [-0.15, -0.1) is 0 Å². The topological polar surface area (TPSA) is 121 Å². The number of nitrogens with one attached hydrogen (secondary N) is 1. The standard InChI is InChI=1S/C29H33N5O3/c1-5-34(29(36)37-19(2)3)28(35)27(17-22-10-8-12-26(33-31)20(22)4)32-24-15-13-21(14-16-24)25-11-7-6-9-23(25)18-30/h6-16,19-20,27,32H,5,17,31H2,1-4H3/t20?,27-/m0/s1. The Kier molecular flexibility index (Phi) is 9.22. The number of nitriles is 1. The van der Waals surface area contributed by atoms with Crippen LogP contribution < -0.4 is 11.2 Å². The van der Waals surface area contributed by atoms with E-state index in [1.165, 1.54) is 0 Å². The second kappa shape index (κ2) is 12.5. The van der Waals surface area contributed by atoms with Gasteiger partial charge in [0.15, 0.2) is 0 Å². The summed E-state index contributed by atoms with van der Waals surface area (Å²) in [6.45, 7) is 7.38. The molecule has 0 aliphatic heterocycles. The zero-order valence-electron chi connectivity index (χ0n) is 21.6. The van der Waals surface area contributed by atoms with Gasteiger partial charge in [0.1, 0.15) is 6.04 Å². The lowest BCUT2D eigenvalue weighted by Gasteiger charge is -2.29. The van der Waals surface area contributed by atoms with Gasteiger partial charge in [-0.3, -0.25) is 4.79 Å². The minimum Gasteiger partial charge on any atom is -0.446 e. The maximum Gasteiger partial charge on any atom is 0.416 e. The number of hydrogen-bond acceptors (Lipinski definition) is 7. The molecule has 1 aliphatic carbocycles. The van der Waals surface area contributed by atoms with Gasteiger partial charge in [-0.05, 0) is 62.6 Å². The van der Waals surface area contributed by atoms with Crippen molar-refractivity contribution in [3.8, 4) is 17.2 Å². The number of anilines is 1.